The van der Waals surface area contributed by atoms with Crippen molar-refractivity contribution in [2.75, 3.05) is 5.32 Å². The van der Waals surface area contributed by atoms with Crippen molar-refractivity contribution in [1.82, 2.24) is 9.97 Å². The number of hydrogen-bond acceptors (Lipinski definition) is 7. The van der Waals surface area contributed by atoms with Gasteiger partial charge in [0, 0.05) is 34.6 Å². The van der Waals surface area contributed by atoms with Crippen molar-refractivity contribution in [3.8, 4) is 40.0 Å². The van der Waals surface area contributed by atoms with E-state index in [0.717, 1.165) is 21.8 Å². The van der Waals surface area contributed by atoms with Crippen molar-refractivity contribution >= 4 is 17.0 Å². The molecule has 7 heteroatoms. The molecule has 1 aromatic carbocycles. The summed E-state index contributed by atoms with van der Waals surface area (Å²) in [5, 5.41) is 32.6. The molecule has 0 bridgehead atoms. The number of nitriles is 3. The largest absolute Gasteiger partial charge is 0.345 e. The Kier molecular flexibility index (Phi) is 5.00. The van der Waals surface area contributed by atoms with Crippen LogP contribution >= 0.6 is 11.3 Å². The third-order valence-corrected chi connectivity index (χ3v) is 4.32. The molecule has 3 rings (SSSR count). The van der Waals surface area contributed by atoms with Crippen LogP contribution in [-0.2, 0) is 0 Å². The van der Waals surface area contributed by atoms with Gasteiger partial charge in [0.1, 0.15) is 28.9 Å². The second kappa shape index (κ2) is 7.72. The van der Waals surface area contributed by atoms with Crippen molar-refractivity contribution in [3.63, 3.8) is 0 Å². The van der Waals surface area contributed by atoms with E-state index < -0.39 is 0 Å². The minimum atomic E-state index is -0.258. The van der Waals surface area contributed by atoms with Crippen LogP contribution in [0.5, 0.6) is 0 Å². The Morgan fingerprint density at radius 3 is 2.50 bits per heavy atom. The number of nitrogens with zero attached hydrogens (tertiary/aromatic N) is 5. The summed E-state index contributed by atoms with van der Waals surface area (Å²) in [7, 11) is 0. The van der Waals surface area contributed by atoms with Crippen LogP contribution in [0.3, 0.4) is 0 Å². The van der Waals surface area contributed by atoms with Gasteiger partial charge in [-0.25, -0.2) is 4.98 Å². The zero-order valence-corrected chi connectivity index (χ0v) is 14.2. The molecule has 6 nitrogen and oxygen atoms in total. The van der Waals surface area contributed by atoms with Crippen LogP contribution in [0, 0.1) is 34.0 Å². The van der Waals surface area contributed by atoms with Gasteiger partial charge in [-0.2, -0.15) is 15.8 Å². The number of aromatic nitrogens is 2. The first-order chi connectivity index (χ1) is 12.7. The SMILES string of the molecule is N#CC(C#N)=C(C#N)Nc1cccc(-c2nc(-c3cccnc3)cs2)c1. The Morgan fingerprint density at radius 1 is 1.00 bits per heavy atom. The first-order valence-electron chi connectivity index (χ1n) is 7.43. The summed E-state index contributed by atoms with van der Waals surface area (Å²) in [6, 6.07) is 16.3. The fourth-order valence-corrected chi connectivity index (χ4v) is 3.04. The van der Waals surface area contributed by atoms with Crippen molar-refractivity contribution < 1.29 is 0 Å². The lowest BCUT2D eigenvalue weighted by atomic mass is 10.2. The Morgan fingerprint density at radius 2 is 1.81 bits per heavy atom. The van der Waals surface area contributed by atoms with Gasteiger partial charge in [-0.15, -0.1) is 11.3 Å². The molecule has 0 aliphatic carbocycles. The predicted molar refractivity (Wildman–Crippen MR) is 98.3 cm³/mol. The van der Waals surface area contributed by atoms with Crippen molar-refractivity contribution in [3.05, 3.63) is 65.4 Å². The Balaban J connectivity index is 1.91. The summed E-state index contributed by atoms with van der Waals surface area (Å²) in [5.41, 5.74) is 2.90. The minimum Gasteiger partial charge on any atom is -0.345 e. The molecule has 0 saturated carbocycles. The minimum absolute atomic E-state index is 0.0812. The summed E-state index contributed by atoms with van der Waals surface area (Å²) in [4.78, 5) is 8.73. The number of pyridine rings is 1. The molecule has 1 N–H and O–H groups in total. The number of allylic oxidation sites excluding steroid dienone is 2. The van der Waals surface area contributed by atoms with Crippen LogP contribution in [0.4, 0.5) is 5.69 Å². The summed E-state index contributed by atoms with van der Waals surface area (Å²) < 4.78 is 0. The first kappa shape index (κ1) is 16.9. The average molecular weight is 354 g/mol. The highest BCUT2D eigenvalue weighted by Crippen LogP contribution is 2.30. The fourth-order valence-electron chi connectivity index (χ4n) is 2.21. The van der Waals surface area contributed by atoms with E-state index >= 15 is 0 Å². The molecule has 2 aromatic heterocycles. The highest BCUT2D eigenvalue weighted by atomic mass is 32.1. The van der Waals surface area contributed by atoms with E-state index in [-0.39, 0.29) is 11.3 Å². The van der Waals surface area contributed by atoms with E-state index in [0.29, 0.717) is 5.69 Å². The maximum atomic E-state index is 9.15. The lowest BCUT2D eigenvalue weighted by Crippen LogP contribution is -2.00. The van der Waals surface area contributed by atoms with Gasteiger partial charge in [0.2, 0.25) is 0 Å². The topological polar surface area (TPSA) is 109 Å². The predicted octanol–water partition coefficient (Wildman–Crippen LogP) is 4.11. The van der Waals surface area contributed by atoms with Gasteiger partial charge in [-0.3, -0.25) is 4.98 Å². The van der Waals surface area contributed by atoms with E-state index in [1.807, 2.05) is 41.8 Å². The number of rotatable bonds is 4. The molecule has 26 heavy (non-hydrogen) atoms. The summed E-state index contributed by atoms with van der Waals surface area (Å²) in [6.45, 7) is 0. The van der Waals surface area contributed by atoms with Crippen LogP contribution in [0.1, 0.15) is 0 Å². The molecule has 0 aliphatic rings. The highest BCUT2D eigenvalue weighted by molar-refractivity contribution is 7.13. The summed E-state index contributed by atoms with van der Waals surface area (Å²) in [5.74, 6) is 0. The smallest absolute Gasteiger partial charge is 0.163 e. The van der Waals surface area contributed by atoms with E-state index in [1.54, 1.807) is 30.6 Å². The first-order valence-corrected chi connectivity index (χ1v) is 8.31. The molecule has 0 atom stereocenters. The standard InChI is InChI=1S/C19H10N6S/c20-8-15(9-21)17(10-22)24-16-5-1-3-13(7-16)19-25-18(12-26-19)14-4-2-6-23-11-14/h1-7,11-12,24H. The number of hydrogen-bond donors (Lipinski definition) is 1. The van der Waals surface area contributed by atoms with E-state index in [9.17, 15) is 0 Å². The van der Waals surface area contributed by atoms with Crippen LogP contribution in [0.25, 0.3) is 21.8 Å². The lowest BCUT2D eigenvalue weighted by Gasteiger charge is -2.06. The molecule has 0 saturated heterocycles. The molecule has 2 heterocycles. The number of nitrogens with one attached hydrogen (secondary N) is 1. The van der Waals surface area contributed by atoms with Gasteiger partial charge < -0.3 is 5.32 Å². The highest BCUT2D eigenvalue weighted by Gasteiger charge is 2.09. The molecule has 0 amide bonds. The third kappa shape index (κ3) is 3.57. The van der Waals surface area contributed by atoms with E-state index in [2.05, 4.69) is 15.3 Å². The summed E-state index contributed by atoms with van der Waals surface area (Å²) in [6.07, 6.45) is 3.47. The number of thiazole rings is 1. The van der Waals surface area contributed by atoms with Gasteiger partial charge in [0.05, 0.1) is 5.69 Å². The lowest BCUT2D eigenvalue weighted by molar-refractivity contribution is 1.31. The quantitative estimate of drug-likeness (QED) is 0.706. The van der Waals surface area contributed by atoms with Gasteiger partial charge in [-0.05, 0) is 24.3 Å². The second-order valence-electron chi connectivity index (χ2n) is 5.07. The molecule has 3 aromatic rings. The third-order valence-electron chi connectivity index (χ3n) is 3.43. The molecule has 0 spiro atoms. The maximum Gasteiger partial charge on any atom is 0.163 e. The monoisotopic (exact) mass is 354 g/mol. The summed E-state index contributed by atoms with van der Waals surface area (Å²) >= 11 is 1.50. The van der Waals surface area contributed by atoms with Gasteiger partial charge in [0.15, 0.2) is 5.57 Å². The molecular weight excluding hydrogens is 344 g/mol. The molecule has 0 unspecified atom stereocenters. The van der Waals surface area contributed by atoms with Gasteiger partial charge in [-0.1, -0.05) is 12.1 Å². The normalized spacial score (nSPS) is 9.42. The van der Waals surface area contributed by atoms with Crippen molar-refractivity contribution in [2.45, 2.75) is 0 Å². The molecular formula is C19H10N6S. The van der Waals surface area contributed by atoms with Crippen LogP contribution in [0.2, 0.25) is 0 Å². The van der Waals surface area contributed by atoms with Crippen molar-refractivity contribution in [2.24, 2.45) is 0 Å². The zero-order valence-electron chi connectivity index (χ0n) is 13.3. The zero-order chi connectivity index (χ0) is 18.4. The average Bonchev–Trinajstić information content (AvgIpc) is 3.19. The van der Waals surface area contributed by atoms with E-state index in [4.69, 9.17) is 15.8 Å². The Bertz CT molecular complexity index is 1080. The Labute approximate surface area is 153 Å². The fraction of sp³-hybridized carbons (Fsp3) is 0. The Hall–Kier alpha value is -3.99. The number of benzene rings is 1. The molecule has 0 aliphatic heterocycles. The molecule has 0 fully saturated rings. The second-order valence-corrected chi connectivity index (χ2v) is 5.93. The number of anilines is 1. The molecule has 0 radical (unpaired) electrons. The van der Waals surface area contributed by atoms with Crippen molar-refractivity contribution in [1.29, 1.82) is 15.8 Å². The van der Waals surface area contributed by atoms with Gasteiger partial charge in [0.25, 0.3) is 0 Å². The van der Waals surface area contributed by atoms with Crippen LogP contribution in [0.15, 0.2) is 65.4 Å². The van der Waals surface area contributed by atoms with Crippen LogP contribution in [-0.4, -0.2) is 9.97 Å². The molecule has 122 valence electrons. The van der Waals surface area contributed by atoms with Crippen LogP contribution < -0.4 is 5.32 Å². The maximum absolute atomic E-state index is 9.15. The van der Waals surface area contributed by atoms with E-state index in [1.165, 1.54) is 11.3 Å². The van der Waals surface area contributed by atoms with Gasteiger partial charge >= 0.3 is 0 Å².